The first-order chi connectivity index (χ1) is 8.86. The lowest BCUT2D eigenvalue weighted by molar-refractivity contribution is 0.312. The van der Waals surface area contributed by atoms with Gasteiger partial charge in [0.25, 0.3) is 0 Å². The standard InChI is InChI=1S/C14H15BrN2O/c15-13-3-1-2-4-14(13)18-10-9-17-11-12-5-7-16-8-6-12/h1-8,17H,9-11H2. The highest BCUT2D eigenvalue weighted by Crippen LogP contribution is 2.23. The third kappa shape index (κ3) is 4.13. The number of ether oxygens (including phenoxy) is 1. The summed E-state index contributed by atoms with van der Waals surface area (Å²) in [5.41, 5.74) is 1.23. The summed E-state index contributed by atoms with van der Waals surface area (Å²) in [5, 5.41) is 3.32. The van der Waals surface area contributed by atoms with Crippen molar-refractivity contribution < 1.29 is 4.74 Å². The maximum atomic E-state index is 5.65. The minimum Gasteiger partial charge on any atom is -0.491 e. The van der Waals surface area contributed by atoms with Crippen molar-refractivity contribution in [3.63, 3.8) is 0 Å². The van der Waals surface area contributed by atoms with Gasteiger partial charge in [0.1, 0.15) is 12.4 Å². The van der Waals surface area contributed by atoms with Gasteiger partial charge in [0.05, 0.1) is 4.47 Å². The van der Waals surface area contributed by atoms with Gasteiger partial charge in [-0.1, -0.05) is 12.1 Å². The fourth-order valence-electron chi connectivity index (χ4n) is 1.53. The number of pyridine rings is 1. The van der Waals surface area contributed by atoms with Gasteiger partial charge in [-0.15, -0.1) is 0 Å². The molecule has 1 aromatic heterocycles. The van der Waals surface area contributed by atoms with Crippen molar-refractivity contribution in [1.82, 2.24) is 10.3 Å². The molecule has 1 heterocycles. The molecule has 0 unspecified atom stereocenters. The van der Waals surface area contributed by atoms with Crippen molar-refractivity contribution in [3.05, 3.63) is 58.8 Å². The van der Waals surface area contributed by atoms with Crippen LogP contribution in [0.25, 0.3) is 0 Å². The van der Waals surface area contributed by atoms with Crippen LogP contribution in [-0.2, 0) is 6.54 Å². The zero-order valence-electron chi connectivity index (χ0n) is 9.97. The maximum Gasteiger partial charge on any atom is 0.133 e. The number of aromatic nitrogens is 1. The lowest BCUT2D eigenvalue weighted by Crippen LogP contribution is -2.20. The molecule has 3 nitrogen and oxygen atoms in total. The van der Waals surface area contributed by atoms with Crippen molar-refractivity contribution in [1.29, 1.82) is 0 Å². The second-order valence-corrected chi connectivity index (χ2v) is 4.67. The summed E-state index contributed by atoms with van der Waals surface area (Å²) in [6.45, 7) is 2.29. The lowest BCUT2D eigenvalue weighted by Gasteiger charge is -2.08. The van der Waals surface area contributed by atoms with Gasteiger partial charge in [-0.25, -0.2) is 0 Å². The van der Waals surface area contributed by atoms with Gasteiger partial charge in [-0.3, -0.25) is 4.98 Å². The molecule has 0 saturated heterocycles. The smallest absolute Gasteiger partial charge is 0.133 e. The Morgan fingerprint density at radius 3 is 2.67 bits per heavy atom. The summed E-state index contributed by atoms with van der Waals surface area (Å²) in [5.74, 6) is 0.878. The SMILES string of the molecule is Brc1ccccc1OCCNCc1ccncc1. The van der Waals surface area contributed by atoms with Crippen LogP contribution in [0.2, 0.25) is 0 Å². The van der Waals surface area contributed by atoms with Crippen molar-refractivity contribution in [2.45, 2.75) is 6.54 Å². The van der Waals surface area contributed by atoms with Crippen molar-refractivity contribution in [2.75, 3.05) is 13.2 Å². The van der Waals surface area contributed by atoms with Gasteiger partial charge in [0.15, 0.2) is 0 Å². The zero-order valence-corrected chi connectivity index (χ0v) is 11.6. The summed E-state index contributed by atoms with van der Waals surface area (Å²) in [6, 6.07) is 11.9. The molecule has 4 heteroatoms. The van der Waals surface area contributed by atoms with Crippen LogP contribution in [-0.4, -0.2) is 18.1 Å². The van der Waals surface area contributed by atoms with Gasteiger partial charge in [-0.2, -0.15) is 0 Å². The quantitative estimate of drug-likeness (QED) is 0.833. The molecule has 0 saturated carbocycles. The van der Waals surface area contributed by atoms with E-state index < -0.39 is 0 Å². The summed E-state index contributed by atoms with van der Waals surface area (Å²) < 4.78 is 6.64. The molecule has 2 rings (SSSR count). The van der Waals surface area contributed by atoms with E-state index in [0.717, 1.165) is 23.3 Å². The Labute approximate surface area is 115 Å². The molecule has 94 valence electrons. The zero-order chi connectivity index (χ0) is 12.6. The third-order valence-corrected chi connectivity index (χ3v) is 3.11. The highest BCUT2D eigenvalue weighted by Gasteiger charge is 1.98. The largest absolute Gasteiger partial charge is 0.491 e. The van der Waals surface area contributed by atoms with Crippen LogP contribution in [0.3, 0.4) is 0 Å². The molecule has 1 aromatic carbocycles. The average Bonchev–Trinajstić information content (AvgIpc) is 2.42. The minimum absolute atomic E-state index is 0.647. The monoisotopic (exact) mass is 306 g/mol. The molecule has 0 atom stereocenters. The van der Waals surface area contributed by atoms with Crippen LogP contribution in [0.15, 0.2) is 53.3 Å². The normalized spacial score (nSPS) is 10.3. The number of nitrogens with one attached hydrogen (secondary N) is 1. The van der Waals surface area contributed by atoms with E-state index in [0.29, 0.717) is 6.61 Å². The molecular formula is C14H15BrN2O. The molecule has 0 fully saturated rings. The van der Waals surface area contributed by atoms with E-state index in [2.05, 4.69) is 26.2 Å². The summed E-state index contributed by atoms with van der Waals surface area (Å²) in [4.78, 5) is 3.98. The third-order valence-electron chi connectivity index (χ3n) is 2.45. The molecule has 18 heavy (non-hydrogen) atoms. The van der Waals surface area contributed by atoms with E-state index in [9.17, 15) is 0 Å². The van der Waals surface area contributed by atoms with Gasteiger partial charge in [-0.05, 0) is 45.8 Å². The molecule has 0 aliphatic heterocycles. The van der Waals surface area contributed by atoms with Crippen LogP contribution >= 0.6 is 15.9 Å². The van der Waals surface area contributed by atoms with Gasteiger partial charge in [0.2, 0.25) is 0 Å². The Morgan fingerprint density at radius 1 is 1.11 bits per heavy atom. The lowest BCUT2D eigenvalue weighted by atomic mass is 10.3. The molecule has 0 bridgehead atoms. The topological polar surface area (TPSA) is 34.1 Å². The molecule has 0 spiro atoms. The molecule has 2 aromatic rings. The predicted octanol–water partition coefficient (Wildman–Crippen LogP) is 3.01. The second kappa shape index (κ2) is 7.13. The highest BCUT2D eigenvalue weighted by molar-refractivity contribution is 9.10. The Bertz CT molecular complexity index is 476. The summed E-state index contributed by atoms with van der Waals surface area (Å²) >= 11 is 3.45. The second-order valence-electron chi connectivity index (χ2n) is 3.81. The molecule has 0 aliphatic carbocycles. The molecular weight excluding hydrogens is 292 g/mol. The first-order valence-electron chi connectivity index (χ1n) is 5.83. The van der Waals surface area contributed by atoms with Crippen LogP contribution in [0.5, 0.6) is 5.75 Å². The van der Waals surface area contributed by atoms with E-state index in [-0.39, 0.29) is 0 Å². The summed E-state index contributed by atoms with van der Waals surface area (Å²) in [6.07, 6.45) is 3.60. The van der Waals surface area contributed by atoms with Gasteiger partial charge >= 0.3 is 0 Å². The van der Waals surface area contributed by atoms with Crippen molar-refractivity contribution in [2.24, 2.45) is 0 Å². The number of hydrogen-bond acceptors (Lipinski definition) is 3. The van der Waals surface area contributed by atoms with Crippen LogP contribution < -0.4 is 10.1 Å². The minimum atomic E-state index is 0.647. The number of rotatable bonds is 6. The summed E-state index contributed by atoms with van der Waals surface area (Å²) in [7, 11) is 0. The Morgan fingerprint density at radius 2 is 1.89 bits per heavy atom. The van der Waals surface area contributed by atoms with Gasteiger partial charge < -0.3 is 10.1 Å². The van der Waals surface area contributed by atoms with E-state index in [4.69, 9.17) is 4.74 Å². The average molecular weight is 307 g/mol. The molecule has 1 N–H and O–H groups in total. The predicted molar refractivity (Wildman–Crippen MR) is 75.6 cm³/mol. The van der Waals surface area contributed by atoms with Crippen molar-refractivity contribution in [3.8, 4) is 5.75 Å². The maximum absolute atomic E-state index is 5.65. The number of nitrogens with zero attached hydrogens (tertiary/aromatic N) is 1. The fourth-order valence-corrected chi connectivity index (χ4v) is 1.93. The molecule has 0 aliphatic rings. The van der Waals surface area contributed by atoms with Crippen LogP contribution in [0.4, 0.5) is 0 Å². The molecule has 0 amide bonds. The number of hydrogen-bond donors (Lipinski definition) is 1. The number of para-hydroxylation sites is 1. The first-order valence-corrected chi connectivity index (χ1v) is 6.62. The Balaban J connectivity index is 1.66. The van der Waals surface area contributed by atoms with Crippen LogP contribution in [0, 0.1) is 0 Å². The fraction of sp³-hybridized carbons (Fsp3) is 0.214. The van der Waals surface area contributed by atoms with E-state index in [1.807, 2.05) is 36.4 Å². The molecule has 0 radical (unpaired) electrons. The number of halogens is 1. The van der Waals surface area contributed by atoms with Gasteiger partial charge in [0, 0.05) is 25.5 Å². The first kappa shape index (κ1) is 13.1. The van der Waals surface area contributed by atoms with E-state index >= 15 is 0 Å². The van der Waals surface area contributed by atoms with Crippen molar-refractivity contribution >= 4 is 15.9 Å². The Hall–Kier alpha value is -1.39. The highest BCUT2D eigenvalue weighted by atomic mass is 79.9. The van der Waals surface area contributed by atoms with E-state index in [1.54, 1.807) is 12.4 Å². The van der Waals surface area contributed by atoms with Crippen LogP contribution in [0.1, 0.15) is 5.56 Å². The Kier molecular flexibility index (Phi) is 5.17. The number of benzene rings is 1. The van der Waals surface area contributed by atoms with E-state index in [1.165, 1.54) is 5.56 Å².